The Labute approximate surface area is 181 Å². The van der Waals surface area contributed by atoms with Gasteiger partial charge in [0.15, 0.2) is 6.61 Å². The number of hydrogen-bond donors (Lipinski definition) is 0. The average molecular weight is 451 g/mol. The number of allylic oxidation sites excluding steroid dienone is 1. The van der Waals surface area contributed by atoms with Crippen LogP contribution in [0.3, 0.4) is 0 Å². The van der Waals surface area contributed by atoms with Crippen LogP contribution in [0.15, 0.2) is 40.4 Å². The second-order valence-corrected chi connectivity index (χ2v) is 10.5. The number of aromatic nitrogens is 1. The summed E-state index contributed by atoms with van der Waals surface area (Å²) in [7, 11) is -3.61. The number of sulfonamides is 1. The van der Waals surface area contributed by atoms with Crippen LogP contribution in [0, 0.1) is 19.8 Å². The second kappa shape index (κ2) is 9.28. The third kappa shape index (κ3) is 4.58. The van der Waals surface area contributed by atoms with Crippen molar-refractivity contribution in [3.8, 4) is 0 Å². The predicted octanol–water partition coefficient (Wildman–Crippen LogP) is 3.18. The van der Waals surface area contributed by atoms with Crippen molar-refractivity contribution in [3.63, 3.8) is 0 Å². The van der Waals surface area contributed by atoms with Gasteiger partial charge in [-0.1, -0.05) is 12.1 Å². The normalized spacial score (nSPS) is 17.6. The van der Waals surface area contributed by atoms with Crippen molar-refractivity contribution in [2.75, 3.05) is 19.7 Å². The van der Waals surface area contributed by atoms with Gasteiger partial charge in [0.05, 0.1) is 5.92 Å². The van der Waals surface area contributed by atoms with Gasteiger partial charge >= 0.3 is 5.97 Å². The molecule has 1 fully saturated rings. The van der Waals surface area contributed by atoms with Crippen LogP contribution in [-0.2, 0) is 26.1 Å². The summed E-state index contributed by atoms with van der Waals surface area (Å²) < 4.78 is 34.3. The number of carbonyl (C=O) groups excluding carboxylic acids is 2. The Bertz CT molecular complexity index is 1040. The Morgan fingerprint density at radius 2 is 2.13 bits per heavy atom. The largest absolute Gasteiger partial charge is 0.457 e. The molecule has 30 heavy (non-hydrogen) atoms. The van der Waals surface area contributed by atoms with Gasteiger partial charge in [0.2, 0.25) is 5.78 Å². The zero-order chi connectivity index (χ0) is 21.9. The van der Waals surface area contributed by atoms with Crippen LogP contribution in [0.25, 0.3) is 0 Å². The van der Waals surface area contributed by atoms with Gasteiger partial charge in [-0.15, -0.1) is 17.9 Å². The number of esters is 1. The van der Waals surface area contributed by atoms with Gasteiger partial charge in [-0.05, 0) is 44.2 Å². The zero-order valence-corrected chi connectivity index (χ0v) is 18.8. The molecule has 0 bridgehead atoms. The Morgan fingerprint density at radius 3 is 2.80 bits per heavy atom. The smallest absolute Gasteiger partial charge is 0.310 e. The van der Waals surface area contributed by atoms with E-state index in [1.165, 1.54) is 4.31 Å². The zero-order valence-electron chi connectivity index (χ0n) is 17.2. The summed E-state index contributed by atoms with van der Waals surface area (Å²) in [5.74, 6) is -1.38. The number of thiophene rings is 1. The molecule has 1 unspecified atom stereocenters. The third-order valence-corrected chi connectivity index (χ3v) is 8.58. The number of carbonyl (C=O) groups is 2. The molecule has 2 aromatic rings. The van der Waals surface area contributed by atoms with E-state index in [4.69, 9.17) is 4.74 Å². The second-order valence-electron chi connectivity index (χ2n) is 7.35. The van der Waals surface area contributed by atoms with Gasteiger partial charge in [-0.2, -0.15) is 4.31 Å². The first kappa shape index (κ1) is 22.5. The van der Waals surface area contributed by atoms with E-state index < -0.39 is 21.9 Å². The van der Waals surface area contributed by atoms with Crippen molar-refractivity contribution < 1.29 is 22.7 Å². The van der Waals surface area contributed by atoms with Crippen LogP contribution in [0.5, 0.6) is 0 Å². The summed E-state index contributed by atoms with van der Waals surface area (Å²) in [5, 5.41) is 1.71. The molecule has 3 heterocycles. The minimum absolute atomic E-state index is 0.0705. The summed E-state index contributed by atoms with van der Waals surface area (Å²) in [5.41, 5.74) is 2.26. The number of Topliss-reactive ketones (excluding diaryl/α,β-unsaturated/α-hetero) is 1. The van der Waals surface area contributed by atoms with Gasteiger partial charge in [-0.3, -0.25) is 9.59 Å². The monoisotopic (exact) mass is 450 g/mol. The van der Waals surface area contributed by atoms with Gasteiger partial charge < -0.3 is 9.30 Å². The molecule has 7 nitrogen and oxygen atoms in total. The Kier molecular flexibility index (Phi) is 6.95. The first-order valence-electron chi connectivity index (χ1n) is 9.76. The lowest BCUT2D eigenvalue weighted by atomic mass is 10.00. The van der Waals surface area contributed by atoms with Gasteiger partial charge in [0.1, 0.15) is 4.21 Å². The number of ketones is 1. The van der Waals surface area contributed by atoms with E-state index in [0.29, 0.717) is 31.5 Å². The number of nitrogens with zero attached hydrogens (tertiary/aromatic N) is 2. The first-order chi connectivity index (χ1) is 14.3. The highest BCUT2D eigenvalue weighted by Gasteiger charge is 2.34. The molecule has 9 heteroatoms. The fourth-order valence-electron chi connectivity index (χ4n) is 3.72. The predicted molar refractivity (Wildman–Crippen MR) is 115 cm³/mol. The average Bonchev–Trinajstić information content (AvgIpc) is 3.37. The van der Waals surface area contributed by atoms with E-state index in [-0.39, 0.29) is 23.1 Å². The number of hydrogen-bond acceptors (Lipinski definition) is 6. The summed E-state index contributed by atoms with van der Waals surface area (Å²) >= 11 is 1.15. The SMILES string of the molecule is C=CCn1c(C)cc(C(=O)COC(=O)C2CCCN(S(=O)(=O)c3cccs3)C2)c1C. The van der Waals surface area contributed by atoms with Crippen molar-refractivity contribution >= 4 is 33.1 Å². The molecule has 0 saturated carbocycles. The van der Waals surface area contributed by atoms with E-state index in [2.05, 4.69) is 6.58 Å². The Morgan fingerprint density at radius 1 is 1.37 bits per heavy atom. The van der Waals surface area contributed by atoms with E-state index in [9.17, 15) is 18.0 Å². The van der Waals surface area contributed by atoms with Crippen LogP contribution >= 0.6 is 11.3 Å². The molecule has 1 aliphatic rings. The molecule has 0 amide bonds. The third-order valence-electron chi connectivity index (χ3n) is 5.34. The Hall–Kier alpha value is -2.23. The van der Waals surface area contributed by atoms with E-state index >= 15 is 0 Å². The van der Waals surface area contributed by atoms with Crippen LogP contribution < -0.4 is 0 Å². The number of piperidine rings is 1. The lowest BCUT2D eigenvalue weighted by Crippen LogP contribution is -2.42. The molecule has 0 spiro atoms. The standard InChI is InChI=1S/C21H26N2O5S2/c1-4-9-23-15(2)12-18(16(23)3)19(24)14-28-21(25)17-7-5-10-22(13-17)30(26,27)20-8-6-11-29-20/h4,6,8,11-12,17H,1,5,7,9-10,13-14H2,2-3H3. The van der Waals surface area contributed by atoms with Crippen molar-refractivity contribution in [3.05, 3.63) is 53.2 Å². The minimum Gasteiger partial charge on any atom is -0.457 e. The molecule has 162 valence electrons. The fourth-order valence-corrected chi connectivity index (χ4v) is 6.38. The first-order valence-corrected chi connectivity index (χ1v) is 12.1. The number of rotatable bonds is 8. The molecular weight excluding hydrogens is 424 g/mol. The van der Waals surface area contributed by atoms with Gasteiger partial charge in [0, 0.05) is 36.6 Å². The van der Waals surface area contributed by atoms with Crippen molar-refractivity contribution in [2.45, 2.75) is 37.4 Å². The van der Waals surface area contributed by atoms with Gasteiger partial charge in [-0.25, -0.2) is 8.42 Å². The van der Waals surface area contributed by atoms with E-state index in [0.717, 1.165) is 22.7 Å². The molecule has 0 N–H and O–H groups in total. The van der Waals surface area contributed by atoms with Crippen LogP contribution in [0.1, 0.15) is 34.6 Å². The highest BCUT2D eigenvalue weighted by Crippen LogP contribution is 2.27. The lowest BCUT2D eigenvalue weighted by molar-refractivity contribution is -0.148. The highest BCUT2D eigenvalue weighted by molar-refractivity contribution is 7.91. The van der Waals surface area contributed by atoms with Crippen LogP contribution in [-0.4, -0.2) is 48.7 Å². The molecule has 1 aliphatic heterocycles. The van der Waals surface area contributed by atoms with Crippen LogP contribution in [0.4, 0.5) is 0 Å². The van der Waals surface area contributed by atoms with Crippen molar-refractivity contribution in [1.29, 1.82) is 0 Å². The fraction of sp³-hybridized carbons (Fsp3) is 0.429. The van der Waals surface area contributed by atoms with E-state index in [1.807, 2.05) is 18.4 Å². The summed E-state index contributed by atoms with van der Waals surface area (Å²) in [6.07, 6.45) is 2.87. The molecule has 1 saturated heterocycles. The topological polar surface area (TPSA) is 85.7 Å². The summed E-state index contributed by atoms with van der Waals surface area (Å²) in [6, 6.07) is 5.03. The maximum absolute atomic E-state index is 12.7. The molecule has 0 aromatic carbocycles. The molecule has 0 radical (unpaired) electrons. The highest BCUT2D eigenvalue weighted by atomic mass is 32.2. The van der Waals surface area contributed by atoms with Gasteiger partial charge in [0.25, 0.3) is 10.0 Å². The molecule has 0 aliphatic carbocycles. The maximum Gasteiger partial charge on any atom is 0.310 e. The van der Waals surface area contributed by atoms with Crippen molar-refractivity contribution in [1.82, 2.24) is 8.87 Å². The minimum atomic E-state index is -3.61. The summed E-state index contributed by atoms with van der Waals surface area (Å²) in [4.78, 5) is 25.1. The number of ether oxygens (including phenoxy) is 1. The van der Waals surface area contributed by atoms with Crippen LogP contribution in [0.2, 0.25) is 0 Å². The molecule has 1 atom stereocenters. The molecule has 2 aromatic heterocycles. The molecule has 3 rings (SSSR count). The quantitative estimate of drug-likeness (QED) is 0.350. The Balaban J connectivity index is 1.62. The number of aryl methyl sites for hydroxylation is 1. The van der Waals surface area contributed by atoms with Crippen molar-refractivity contribution in [2.24, 2.45) is 5.92 Å². The maximum atomic E-state index is 12.7. The summed E-state index contributed by atoms with van der Waals surface area (Å²) in [6.45, 7) is 8.16. The lowest BCUT2D eigenvalue weighted by Gasteiger charge is -2.30. The molecular formula is C21H26N2O5S2. The van der Waals surface area contributed by atoms with E-state index in [1.54, 1.807) is 29.7 Å².